The Morgan fingerprint density at radius 2 is 1.03 bits per heavy atom. The van der Waals surface area contributed by atoms with Crippen molar-refractivity contribution >= 4 is 0 Å². The number of rotatable bonds is 6. The van der Waals surface area contributed by atoms with E-state index in [1.165, 1.54) is 22.3 Å². The van der Waals surface area contributed by atoms with E-state index in [4.69, 9.17) is 18.9 Å². The molecule has 0 radical (unpaired) electrons. The van der Waals surface area contributed by atoms with Crippen LogP contribution in [0.3, 0.4) is 0 Å². The Labute approximate surface area is 185 Å². The molecule has 3 aliphatic rings. The molecule has 0 atom stereocenters. The molecule has 0 spiro atoms. The Hall–Kier alpha value is -1.72. The van der Waals surface area contributed by atoms with Crippen molar-refractivity contribution in [2.24, 2.45) is 11.8 Å². The molecule has 2 aliphatic heterocycles. The summed E-state index contributed by atoms with van der Waals surface area (Å²) in [6, 6.07) is 13.5. The van der Waals surface area contributed by atoms with Crippen LogP contribution in [0.2, 0.25) is 0 Å². The second-order valence-electron chi connectivity index (χ2n) is 10.0. The van der Waals surface area contributed by atoms with Crippen LogP contribution in [-0.2, 0) is 36.9 Å². The van der Waals surface area contributed by atoms with Crippen molar-refractivity contribution in [1.29, 1.82) is 0 Å². The predicted octanol–water partition coefficient (Wildman–Crippen LogP) is 5.75. The zero-order valence-corrected chi connectivity index (χ0v) is 19.2. The normalized spacial score (nSPS) is 21.1. The van der Waals surface area contributed by atoms with E-state index >= 15 is 0 Å². The highest BCUT2D eigenvalue weighted by Crippen LogP contribution is 2.45. The Balaban J connectivity index is 1.47. The summed E-state index contributed by atoms with van der Waals surface area (Å²) in [5.74, 6) is -0.212. The fourth-order valence-electron chi connectivity index (χ4n) is 5.47. The maximum Gasteiger partial charge on any atom is 0.195 e. The van der Waals surface area contributed by atoms with Gasteiger partial charge in [-0.15, -0.1) is 0 Å². The zero-order valence-electron chi connectivity index (χ0n) is 19.2. The Morgan fingerprint density at radius 3 is 1.39 bits per heavy atom. The molecule has 4 heteroatoms. The highest BCUT2D eigenvalue weighted by atomic mass is 16.7. The molecule has 0 N–H and O–H groups in total. The molecule has 31 heavy (non-hydrogen) atoms. The second-order valence-corrected chi connectivity index (χ2v) is 10.0. The summed E-state index contributed by atoms with van der Waals surface area (Å²) < 4.78 is 24.6. The first-order chi connectivity index (χ1) is 14.9. The summed E-state index contributed by atoms with van der Waals surface area (Å²) in [4.78, 5) is 0. The third-order valence-corrected chi connectivity index (χ3v) is 6.62. The Morgan fingerprint density at radius 1 is 0.645 bits per heavy atom. The fraction of sp³-hybridized carbons (Fsp3) is 0.556. The van der Waals surface area contributed by atoms with Crippen molar-refractivity contribution in [2.45, 2.75) is 58.5 Å². The SMILES string of the molecule is CC(C)CC1(c2ccc3c(c2)Cc2cc(C4(CC(C)C)OCCO4)ccc2-3)OCCO1. The maximum atomic E-state index is 6.16. The van der Waals surface area contributed by atoms with Gasteiger partial charge in [-0.1, -0.05) is 52.0 Å². The Kier molecular flexibility index (Phi) is 5.46. The Bertz CT molecular complexity index is 872. The molecule has 0 unspecified atom stereocenters. The average Bonchev–Trinajstić information content (AvgIpc) is 3.45. The minimum Gasteiger partial charge on any atom is -0.343 e. The first kappa shape index (κ1) is 21.1. The average molecular weight is 423 g/mol. The molecule has 0 aromatic heterocycles. The molecular weight excluding hydrogens is 388 g/mol. The van der Waals surface area contributed by atoms with Crippen molar-refractivity contribution in [3.05, 3.63) is 58.7 Å². The van der Waals surface area contributed by atoms with Crippen molar-refractivity contribution < 1.29 is 18.9 Å². The van der Waals surface area contributed by atoms with Gasteiger partial charge in [0, 0.05) is 24.0 Å². The number of hydrogen-bond donors (Lipinski definition) is 0. The van der Waals surface area contributed by atoms with E-state index in [2.05, 4.69) is 64.1 Å². The van der Waals surface area contributed by atoms with Gasteiger partial charge in [0.15, 0.2) is 11.6 Å². The lowest BCUT2D eigenvalue weighted by Gasteiger charge is -2.30. The summed E-state index contributed by atoms with van der Waals surface area (Å²) >= 11 is 0. The van der Waals surface area contributed by atoms with E-state index in [0.29, 0.717) is 38.3 Å². The van der Waals surface area contributed by atoms with Crippen LogP contribution in [0.5, 0.6) is 0 Å². The lowest BCUT2D eigenvalue weighted by molar-refractivity contribution is -0.177. The molecule has 2 aromatic rings. The molecule has 1 aliphatic carbocycles. The molecule has 2 heterocycles. The van der Waals surface area contributed by atoms with Gasteiger partial charge in [-0.2, -0.15) is 0 Å². The highest BCUT2D eigenvalue weighted by molar-refractivity contribution is 5.77. The first-order valence-electron chi connectivity index (χ1n) is 11.7. The van der Waals surface area contributed by atoms with Crippen LogP contribution >= 0.6 is 0 Å². The van der Waals surface area contributed by atoms with Crippen LogP contribution in [0.25, 0.3) is 11.1 Å². The van der Waals surface area contributed by atoms with E-state index in [0.717, 1.165) is 30.4 Å². The minimum absolute atomic E-state index is 0.495. The molecule has 2 fully saturated rings. The van der Waals surface area contributed by atoms with E-state index in [1.807, 2.05) is 0 Å². The molecule has 4 nitrogen and oxygen atoms in total. The molecule has 0 amide bonds. The number of benzene rings is 2. The minimum atomic E-state index is -0.601. The summed E-state index contributed by atoms with van der Waals surface area (Å²) in [6.07, 6.45) is 2.66. The third kappa shape index (κ3) is 3.74. The lowest BCUT2D eigenvalue weighted by atomic mass is 9.92. The molecule has 2 saturated heterocycles. The van der Waals surface area contributed by atoms with Gasteiger partial charge in [-0.25, -0.2) is 0 Å². The van der Waals surface area contributed by atoms with Gasteiger partial charge in [0.2, 0.25) is 0 Å². The van der Waals surface area contributed by atoms with Crippen LogP contribution < -0.4 is 0 Å². The van der Waals surface area contributed by atoms with Gasteiger partial charge in [-0.05, 0) is 52.6 Å². The third-order valence-electron chi connectivity index (χ3n) is 6.62. The van der Waals surface area contributed by atoms with E-state index in [-0.39, 0.29) is 0 Å². The largest absolute Gasteiger partial charge is 0.343 e. The predicted molar refractivity (Wildman–Crippen MR) is 121 cm³/mol. The molecule has 0 bridgehead atoms. The van der Waals surface area contributed by atoms with Crippen LogP contribution in [-0.4, -0.2) is 26.4 Å². The van der Waals surface area contributed by atoms with E-state index < -0.39 is 11.6 Å². The molecule has 2 aromatic carbocycles. The van der Waals surface area contributed by atoms with Crippen molar-refractivity contribution in [1.82, 2.24) is 0 Å². The zero-order chi connectivity index (χ0) is 21.6. The quantitative estimate of drug-likeness (QED) is 0.507. The topological polar surface area (TPSA) is 36.9 Å². The summed E-state index contributed by atoms with van der Waals surface area (Å²) in [7, 11) is 0. The van der Waals surface area contributed by atoms with Gasteiger partial charge >= 0.3 is 0 Å². The van der Waals surface area contributed by atoms with E-state index in [9.17, 15) is 0 Å². The number of hydrogen-bond acceptors (Lipinski definition) is 4. The van der Waals surface area contributed by atoms with E-state index in [1.54, 1.807) is 0 Å². The second kappa shape index (κ2) is 8.00. The number of ether oxygens (including phenoxy) is 4. The van der Waals surface area contributed by atoms with Crippen LogP contribution in [0.15, 0.2) is 36.4 Å². The summed E-state index contributed by atoms with van der Waals surface area (Å²) in [6.45, 7) is 11.5. The van der Waals surface area contributed by atoms with Crippen molar-refractivity contribution in [2.75, 3.05) is 26.4 Å². The van der Waals surface area contributed by atoms with Gasteiger partial charge in [0.1, 0.15) is 0 Å². The van der Waals surface area contributed by atoms with Crippen LogP contribution in [0.4, 0.5) is 0 Å². The highest BCUT2D eigenvalue weighted by Gasteiger charge is 2.41. The summed E-state index contributed by atoms with van der Waals surface area (Å²) in [5.41, 5.74) is 7.60. The van der Waals surface area contributed by atoms with Crippen molar-refractivity contribution in [3.8, 4) is 11.1 Å². The lowest BCUT2D eigenvalue weighted by Crippen LogP contribution is -2.29. The molecular formula is C27H34O4. The fourth-order valence-corrected chi connectivity index (χ4v) is 5.47. The monoisotopic (exact) mass is 422 g/mol. The molecule has 5 rings (SSSR count). The van der Waals surface area contributed by atoms with Crippen LogP contribution in [0.1, 0.15) is 62.8 Å². The van der Waals surface area contributed by atoms with Gasteiger partial charge < -0.3 is 18.9 Å². The van der Waals surface area contributed by atoms with Gasteiger partial charge in [-0.3, -0.25) is 0 Å². The van der Waals surface area contributed by atoms with Crippen LogP contribution in [0, 0.1) is 11.8 Å². The summed E-state index contributed by atoms with van der Waals surface area (Å²) in [5, 5.41) is 0. The molecule has 166 valence electrons. The smallest absolute Gasteiger partial charge is 0.195 e. The number of fused-ring (bicyclic) bond motifs is 3. The van der Waals surface area contributed by atoms with Crippen molar-refractivity contribution in [3.63, 3.8) is 0 Å². The molecule has 0 saturated carbocycles. The standard InChI is InChI=1S/C27H34O4/c1-18(2)16-26(28-9-10-29-26)22-5-7-24-20(14-22)13-21-15-23(6-8-25(21)24)27(17-19(3)4)30-11-12-31-27/h5-8,14-15,18-19H,9-13,16-17H2,1-4H3. The maximum absolute atomic E-state index is 6.16. The van der Waals surface area contributed by atoms with Gasteiger partial charge in [0.05, 0.1) is 26.4 Å². The first-order valence-corrected chi connectivity index (χ1v) is 11.7. The van der Waals surface area contributed by atoms with Gasteiger partial charge in [0.25, 0.3) is 0 Å².